The average molecular weight is 276 g/mol. The Bertz CT molecular complexity index is 649. The van der Waals surface area contributed by atoms with Crippen LogP contribution in [-0.4, -0.2) is 12.0 Å². The first-order chi connectivity index (χ1) is 8.75. The number of alkyl halides is 3. The third-order valence-corrected chi connectivity index (χ3v) is 2.71. The molecule has 0 bridgehead atoms. The minimum atomic E-state index is -4.73. The molecule has 7 heteroatoms. The van der Waals surface area contributed by atoms with Crippen molar-refractivity contribution in [2.75, 3.05) is 12.4 Å². The van der Waals surface area contributed by atoms with Crippen molar-refractivity contribution in [3.05, 3.63) is 35.0 Å². The molecule has 0 amide bonds. The van der Waals surface area contributed by atoms with E-state index in [4.69, 9.17) is 0 Å². The zero-order valence-corrected chi connectivity index (χ0v) is 9.99. The van der Waals surface area contributed by atoms with Gasteiger partial charge in [0.25, 0.3) is 0 Å². The summed E-state index contributed by atoms with van der Waals surface area (Å²) >= 11 is 0. The highest BCUT2D eigenvalue weighted by Gasteiger charge is 2.34. The fourth-order valence-corrected chi connectivity index (χ4v) is 1.80. The Morgan fingerprint density at radius 1 is 1.16 bits per heavy atom. The molecule has 0 aliphatic heterocycles. The zero-order chi connectivity index (χ0) is 14.4. The number of anilines is 1. The van der Waals surface area contributed by atoms with Crippen LogP contribution in [0.3, 0.4) is 0 Å². The molecule has 1 aromatic heterocycles. The van der Waals surface area contributed by atoms with Crippen LogP contribution in [0.1, 0.15) is 11.3 Å². The number of rotatable bonds is 1. The van der Waals surface area contributed by atoms with Crippen LogP contribution in [0.15, 0.2) is 12.1 Å². The number of nitrogens with zero attached hydrogens (tertiary/aromatic N) is 1. The molecular weight excluding hydrogens is 267 g/mol. The number of benzene rings is 1. The van der Waals surface area contributed by atoms with Crippen LogP contribution in [0.2, 0.25) is 0 Å². The van der Waals surface area contributed by atoms with Gasteiger partial charge in [-0.05, 0) is 24.6 Å². The number of hydrogen-bond acceptors (Lipinski definition) is 2. The summed E-state index contributed by atoms with van der Waals surface area (Å²) in [5.74, 6) is -1.78. The lowest BCUT2D eigenvalue weighted by Gasteiger charge is -2.13. The van der Waals surface area contributed by atoms with Crippen molar-refractivity contribution < 1.29 is 22.0 Å². The molecule has 2 nitrogen and oxygen atoms in total. The van der Waals surface area contributed by atoms with E-state index in [0.29, 0.717) is 6.07 Å². The quantitative estimate of drug-likeness (QED) is 0.799. The molecule has 0 saturated carbocycles. The smallest absolute Gasteiger partial charge is 0.387 e. The summed E-state index contributed by atoms with van der Waals surface area (Å²) in [6.45, 7) is 1.33. The van der Waals surface area contributed by atoms with E-state index in [1.54, 1.807) is 0 Å². The molecule has 2 rings (SSSR count). The Balaban J connectivity index is 2.93. The Hall–Kier alpha value is -1.92. The predicted octanol–water partition coefficient (Wildman–Crippen LogP) is 3.88. The Morgan fingerprint density at radius 2 is 1.79 bits per heavy atom. The molecule has 1 N–H and O–H groups in total. The first-order valence-electron chi connectivity index (χ1n) is 5.30. The highest BCUT2D eigenvalue weighted by atomic mass is 19.4. The van der Waals surface area contributed by atoms with Crippen LogP contribution in [-0.2, 0) is 6.18 Å². The maximum absolute atomic E-state index is 13.9. The van der Waals surface area contributed by atoms with E-state index >= 15 is 0 Å². The third-order valence-electron chi connectivity index (χ3n) is 2.71. The van der Waals surface area contributed by atoms with Gasteiger partial charge in [-0.15, -0.1) is 0 Å². The van der Waals surface area contributed by atoms with E-state index in [1.807, 2.05) is 0 Å². The first kappa shape index (κ1) is 13.5. The van der Waals surface area contributed by atoms with Crippen LogP contribution in [0.25, 0.3) is 10.9 Å². The average Bonchev–Trinajstić information content (AvgIpc) is 2.33. The summed E-state index contributed by atoms with van der Waals surface area (Å²) in [7, 11) is 1.33. The van der Waals surface area contributed by atoms with Crippen molar-refractivity contribution in [1.82, 2.24) is 4.98 Å². The molecule has 2 aromatic rings. The Kier molecular flexibility index (Phi) is 3.07. The molecule has 0 spiro atoms. The molecule has 0 unspecified atom stereocenters. The first-order valence-corrected chi connectivity index (χ1v) is 5.30. The van der Waals surface area contributed by atoms with Gasteiger partial charge in [0.2, 0.25) is 0 Å². The number of pyridine rings is 1. The molecular formula is C12H9F5N2. The highest BCUT2D eigenvalue weighted by molar-refractivity contribution is 5.93. The second kappa shape index (κ2) is 4.32. The molecule has 0 aliphatic rings. The van der Waals surface area contributed by atoms with Crippen molar-refractivity contribution in [1.29, 1.82) is 0 Å². The van der Waals surface area contributed by atoms with Crippen molar-refractivity contribution >= 4 is 16.6 Å². The van der Waals surface area contributed by atoms with E-state index in [9.17, 15) is 22.0 Å². The van der Waals surface area contributed by atoms with Gasteiger partial charge >= 0.3 is 6.18 Å². The van der Waals surface area contributed by atoms with Gasteiger partial charge in [0.05, 0.1) is 5.39 Å². The lowest BCUT2D eigenvalue weighted by molar-refractivity contribution is -0.140. The maximum atomic E-state index is 13.9. The van der Waals surface area contributed by atoms with Crippen molar-refractivity contribution in [2.24, 2.45) is 0 Å². The standard InChI is InChI=1S/C12H9F5N2/c1-5-3-6(13)11-9(10(5)14)7(18-2)4-8(19-11)12(15,16)17/h3-4H,1-2H3,(H,18,19). The number of fused-ring (bicyclic) bond motifs is 1. The summed E-state index contributed by atoms with van der Waals surface area (Å²) in [4.78, 5) is 3.18. The fourth-order valence-electron chi connectivity index (χ4n) is 1.80. The van der Waals surface area contributed by atoms with Crippen LogP contribution < -0.4 is 5.32 Å². The molecule has 0 fully saturated rings. The normalized spacial score (nSPS) is 11.9. The zero-order valence-electron chi connectivity index (χ0n) is 9.99. The van der Waals surface area contributed by atoms with Gasteiger partial charge in [0, 0.05) is 12.7 Å². The number of nitrogens with one attached hydrogen (secondary N) is 1. The van der Waals surface area contributed by atoms with Crippen molar-refractivity contribution in [3.8, 4) is 0 Å². The number of hydrogen-bond donors (Lipinski definition) is 1. The lowest BCUT2D eigenvalue weighted by atomic mass is 10.1. The maximum Gasteiger partial charge on any atom is 0.433 e. The SMILES string of the molecule is CNc1cc(C(F)(F)F)nc2c(F)cc(C)c(F)c12. The van der Waals surface area contributed by atoms with E-state index in [-0.39, 0.29) is 16.6 Å². The van der Waals surface area contributed by atoms with Gasteiger partial charge in [0.15, 0.2) is 0 Å². The number of aryl methyl sites for hydroxylation is 1. The highest BCUT2D eigenvalue weighted by Crippen LogP contribution is 2.35. The summed E-state index contributed by atoms with van der Waals surface area (Å²) in [5.41, 5.74) is -2.06. The molecule has 0 aliphatic carbocycles. The largest absolute Gasteiger partial charge is 0.433 e. The van der Waals surface area contributed by atoms with Gasteiger partial charge in [-0.25, -0.2) is 13.8 Å². The summed E-state index contributed by atoms with van der Waals surface area (Å²) in [5, 5.41) is 2.15. The number of aromatic nitrogens is 1. The second-order valence-corrected chi connectivity index (χ2v) is 4.02. The molecule has 1 heterocycles. The van der Waals surface area contributed by atoms with Gasteiger partial charge in [-0.1, -0.05) is 0 Å². The van der Waals surface area contributed by atoms with E-state index in [1.165, 1.54) is 14.0 Å². The third kappa shape index (κ3) is 2.20. The molecule has 0 saturated heterocycles. The van der Waals surface area contributed by atoms with Crippen LogP contribution in [0, 0.1) is 18.6 Å². The van der Waals surface area contributed by atoms with Crippen molar-refractivity contribution in [3.63, 3.8) is 0 Å². The van der Waals surface area contributed by atoms with Crippen LogP contribution in [0.5, 0.6) is 0 Å². The lowest BCUT2D eigenvalue weighted by Crippen LogP contribution is -2.10. The summed E-state index contributed by atoms with van der Waals surface area (Å²) in [6, 6.07) is 1.48. The minimum absolute atomic E-state index is 0.00283. The Labute approximate surface area is 105 Å². The minimum Gasteiger partial charge on any atom is -0.387 e. The van der Waals surface area contributed by atoms with Gasteiger partial charge < -0.3 is 5.32 Å². The van der Waals surface area contributed by atoms with Crippen LogP contribution in [0.4, 0.5) is 27.6 Å². The molecule has 102 valence electrons. The summed E-state index contributed by atoms with van der Waals surface area (Å²) < 4.78 is 65.5. The van der Waals surface area contributed by atoms with E-state index in [2.05, 4.69) is 10.3 Å². The molecule has 19 heavy (non-hydrogen) atoms. The van der Waals surface area contributed by atoms with Gasteiger partial charge in [-0.2, -0.15) is 13.2 Å². The monoisotopic (exact) mass is 276 g/mol. The summed E-state index contributed by atoms with van der Waals surface area (Å²) in [6.07, 6.45) is -4.73. The predicted molar refractivity (Wildman–Crippen MR) is 60.9 cm³/mol. The molecule has 1 aromatic carbocycles. The Morgan fingerprint density at radius 3 is 2.32 bits per heavy atom. The van der Waals surface area contributed by atoms with Gasteiger partial charge in [0.1, 0.15) is 22.8 Å². The van der Waals surface area contributed by atoms with Crippen molar-refractivity contribution in [2.45, 2.75) is 13.1 Å². The second-order valence-electron chi connectivity index (χ2n) is 4.02. The van der Waals surface area contributed by atoms with E-state index < -0.39 is 29.0 Å². The molecule has 0 radical (unpaired) electrons. The van der Waals surface area contributed by atoms with Crippen LogP contribution >= 0.6 is 0 Å². The van der Waals surface area contributed by atoms with E-state index in [0.717, 1.165) is 6.07 Å². The number of halogens is 5. The topological polar surface area (TPSA) is 24.9 Å². The van der Waals surface area contributed by atoms with Gasteiger partial charge in [-0.3, -0.25) is 0 Å². The molecule has 0 atom stereocenters. The fraction of sp³-hybridized carbons (Fsp3) is 0.250.